The van der Waals surface area contributed by atoms with Gasteiger partial charge >= 0.3 is 5.97 Å². The average Bonchev–Trinajstić information content (AvgIpc) is 2.82. The van der Waals surface area contributed by atoms with E-state index in [0.717, 1.165) is 0 Å². The van der Waals surface area contributed by atoms with Gasteiger partial charge in [-0.1, -0.05) is 6.07 Å². The zero-order valence-corrected chi connectivity index (χ0v) is 11.0. The van der Waals surface area contributed by atoms with Gasteiger partial charge in [-0.05, 0) is 29.1 Å². The predicted octanol–water partition coefficient (Wildman–Crippen LogP) is 2.83. The molecule has 2 rings (SSSR count). The third kappa shape index (κ3) is 3.03. The van der Waals surface area contributed by atoms with E-state index in [1.54, 1.807) is 17.5 Å². The first-order valence-corrected chi connectivity index (χ1v) is 6.32. The highest BCUT2D eigenvalue weighted by Crippen LogP contribution is 2.21. The number of carbonyl (C=O) groups is 1. The standard InChI is InChI=1S/C13H12FNO3S/c1-17-11-3-2-8(6-9(11)14)7-18-13(16)12-10(15)4-5-19-12/h2-6H,7,15H2,1H3. The lowest BCUT2D eigenvalue weighted by Gasteiger charge is -2.06. The molecule has 4 nitrogen and oxygen atoms in total. The molecule has 100 valence electrons. The molecule has 0 aliphatic rings. The number of methoxy groups -OCH3 is 1. The average molecular weight is 281 g/mol. The third-order valence-corrected chi connectivity index (χ3v) is 3.38. The molecule has 0 aliphatic heterocycles. The van der Waals surface area contributed by atoms with Gasteiger partial charge in [-0.15, -0.1) is 11.3 Å². The van der Waals surface area contributed by atoms with Crippen LogP contribution >= 0.6 is 11.3 Å². The van der Waals surface area contributed by atoms with Gasteiger partial charge in [0.15, 0.2) is 11.6 Å². The summed E-state index contributed by atoms with van der Waals surface area (Å²) in [4.78, 5) is 12.1. The fourth-order valence-electron chi connectivity index (χ4n) is 1.50. The molecule has 0 amide bonds. The van der Waals surface area contributed by atoms with Crippen LogP contribution in [0.25, 0.3) is 0 Å². The van der Waals surface area contributed by atoms with Gasteiger partial charge in [0.2, 0.25) is 0 Å². The Hall–Kier alpha value is -2.08. The Labute approximate surface area is 113 Å². The number of rotatable bonds is 4. The van der Waals surface area contributed by atoms with Crippen molar-refractivity contribution < 1.29 is 18.7 Å². The molecule has 0 unspecified atom stereocenters. The van der Waals surface area contributed by atoms with E-state index in [4.69, 9.17) is 15.2 Å². The Kier molecular flexibility index (Phi) is 4.01. The molecule has 0 saturated carbocycles. The summed E-state index contributed by atoms with van der Waals surface area (Å²) in [7, 11) is 1.39. The summed E-state index contributed by atoms with van der Waals surface area (Å²) >= 11 is 1.21. The molecule has 0 radical (unpaired) electrons. The van der Waals surface area contributed by atoms with Gasteiger partial charge in [-0.2, -0.15) is 0 Å². The maximum atomic E-state index is 13.4. The summed E-state index contributed by atoms with van der Waals surface area (Å²) in [6, 6.07) is 6.02. The van der Waals surface area contributed by atoms with E-state index in [2.05, 4.69) is 0 Å². The van der Waals surface area contributed by atoms with Crippen molar-refractivity contribution in [1.82, 2.24) is 0 Å². The van der Waals surface area contributed by atoms with Crippen molar-refractivity contribution in [2.24, 2.45) is 0 Å². The maximum Gasteiger partial charge on any atom is 0.350 e. The van der Waals surface area contributed by atoms with E-state index in [-0.39, 0.29) is 12.4 Å². The molecule has 1 aromatic carbocycles. The van der Waals surface area contributed by atoms with Gasteiger partial charge in [0, 0.05) is 0 Å². The molecule has 19 heavy (non-hydrogen) atoms. The van der Waals surface area contributed by atoms with Crippen LogP contribution in [0, 0.1) is 5.82 Å². The lowest BCUT2D eigenvalue weighted by Crippen LogP contribution is -2.05. The Morgan fingerprint density at radius 3 is 2.79 bits per heavy atom. The summed E-state index contributed by atoms with van der Waals surface area (Å²) in [5.74, 6) is -0.854. The van der Waals surface area contributed by atoms with Crippen LogP contribution in [-0.4, -0.2) is 13.1 Å². The zero-order valence-electron chi connectivity index (χ0n) is 10.2. The molecule has 0 aliphatic carbocycles. The smallest absolute Gasteiger partial charge is 0.350 e. The second-order valence-corrected chi connectivity index (χ2v) is 4.67. The van der Waals surface area contributed by atoms with Crippen LogP contribution in [0.2, 0.25) is 0 Å². The van der Waals surface area contributed by atoms with Crippen LogP contribution in [0.3, 0.4) is 0 Å². The Balaban J connectivity index is 2.01. The first kappa shape index (κ1) is 13.4. The number of hydrogen-bond acceptors (Lipinski definition) is 5. The molecule has 0 atom stereocenters. The Morgan fingerprint density at radius 1 is 1.42 bits per heavy atom. The fraction of sp³-hybridized carbons (Fsp3) is 0.154. The highest BCUT2D eigenvalue weighted by atomic mass is 32.1. The quantitative estimate of drug-likeness (QED) is 0.875. The van der Waals surface area contributed by atoms with Crippen LogP contribution in [0.5, 0.6) is 5.75 Å². The molecular weight excluding hydrogens is 269 g/mol. The van der Waals surface area contributed by atoms with Gasteiger partial charge in [-0.25, -0.2) is 9.18 Å². The van der Waals surface area contributed by atoms with Crippen LogP contribution in [0.4, 0.5) is 10.1 Å². The van der Waals surface area contributed by atoms with Gasteiger partial charge in [-0.3, -0.25) is 0 Å². The summed E-state index contributed by atoms with van der Waals surface area (Å²) in [5, 5.41) is 1.71. The second-order valence-electron chi connectivity index (χ2n) is 3.75. The van der Waals surface area contributed by atoms with E-state index in [9.17, 15) is 9.18 Å². The Morgan fingerprint density at radius 2 is 2.21 bits per heavy atom. The molecule has 1 heterocycles. The molecule has 1 aromatic heterocycles. The van der Waals surface area contributed by atoms with Crippen LogP contribution in [-0.2, 0) is 11.3 Å². The minimum atomic E-state index is -0.510. The first-order valence-electron chi connectivity index (χ1n) is 5.44. The number of thiophene rings is 1. The number of esters is 1. The van der Waals surface area contributed by atoms with Crippen molar-refractivity contribution in [3.8, 4) is 5.75 Å². The highest BCUT2D eigenvalue weighted by molar-refractivity contribution is 7.12. The van der Waals surface area contributed by atoms with E-state index >= 15 is 0 Å². The maximum absolute atomic E-state index is 13.4. The van der Waals surface area contributed by atoms with Crippen LogP contribution < -0.4 is 10.5 Å². The van der Waals surface area contributed by atoms with Crippen molar-refractivity contribution >= 4 is 23.0 Å². The van der Waals surface area contributed by atoms with Crippen molar-refractivity contribution in [2.45, 2.75) is 6.61 Å². The minimum Gasteiger partial charge on any atom is -0.494 e. The summed E-state index contributed by atoms with van der Waals surface area (Å²) in [6.07, 6.45) is 0. The molecule has 2 N–H and O–H groups in total. The summed E-state index contributed by atoms with van der Waals surface area (Å²) in [5.41, 5.74) is 6.53. The molecule has 6 heteroatoms. The topological polar surface area (TPSA) is 61.5 Å². The third-order valence-electron chi connectivity index (χ3n) is 2.47. The summed E-state index contributed by atoms with van der Waals surface area (Å²) < 4.78 is 23.3. The lowest BCUT2D eigenvalue weighted by molar-refractivity contribution is 0.0479. The van der Waals surface area contributed by atoms with E-state index in [1.165, 1.54) is 30.6 Å². The number of carbonyl (C=O) groups excluding carboxylic acids is 1. The minimum absolute atomic E-state index is 0.0168. The van der Waals surface area contributed by atoms with Crippen molar-refractivity contribution in [1.29, 1.82) is 0 Å². The summed E-state index contributed by atoms with van der Waals surface area (Å²) in [6.45, 7) is -0.0168. The van der Waals surface area contributed by atoms with Crippen LogP contribution in [0.1, 0.15) is 15.2 Å². The zero-order chi connectivity index (χ0) is 13.8. The molecule has 0 saturated heterocycles. The number of hydrogen-bond donors (Lipinski definition) is 1. The largest absolute Gasteiger partial charge is 0.494 e. The fourth-order valence-corrected chi connectivity index (χ4v) is 2.21. The van der Waals surface area contributed by atoms with Gasteiger partial charge in [0.25, 0.3) is 0 Å². The van der Waals surface area contributed by atoms with E-state index < -0.39 is 11.8 Å². The Bertz CT molecular complexity index is 597. The van der Waals surface area contributed by atoms with Crippen molar-refractivity contribution in [3.63, 3.8) is 0 Å². The highest BCUT2D eigenvalue weighted by Gasteiger charge is 2.13. The number of nitrogen functional groups attached to an aromatic ring is 1. The SMILES string of the molecule is COc1ccc(COC(=O)c2sccc2N)cc1F. The predicted molar refractivity (Wildman–Crippen MR) is 70.8 cm³/mol. The number of ether oxygens (including phenoxy) is 2. The van der Waals surface area contributed by atoms with Crippen LogP contribution in [0.15, 0.2) is 29.6 Å². The second kappa shape index (κ2) is 5.71. The number of anilines is 1. The molecule has 2 aromatic rings. The van der Waals surface area contributed by atoms with E-state index in [1.807, 2.05) is 0 Å². The normalized spacial score (nSPS) is 10.2. The number of halogens is 1. The van der Waals surface area contributed by atoms with Crippen molar-refractivity contribution in [3.05, 3.63) is 45.9 Å². The monoisotopic (exact) mass is 281 g/mol. The molecule has 0 spiro atoms. The van der Waals surface area contributed by atoms with Gasteiger partial charge in [0.05, 0.1) is 12.8 Å². The molecule has 0 fully saturated rings. The number of nitrogens with two attached hydrogens (primary N) is 1. The lowest BCUT2D eigenvalue weighted by atomic mass is 10.2. The molecule has 0 bridgehead atoms. The van der Waals surface area contributed by atoms with Gasteiger partial charge in [0.1, 0.15) is 11.5 Å². The van der Waals surface area contributed by atoms with Crippen molar-refractivity contribution in [2.75, 3.05) is 12.8 Å². The number of benzene rings is 1. The van der Waals surface area contributed by atoms with Gasteiger partial charge < -0.3 is 15.2 Å². The first-order chi connectivity index (χ1) is 9.11. The molecular formula is C13H12FNO3S. The van der Waals surface area contributed by atoms with E-state index in [0.29, 0.717) is 16.1 Å².